The highest BCUT2D eigenvalue weighted by Crippen LogP contribution is 2.11. The quantitative estimate of drug-likeness (QED) is 0.805. The van der Waals surface area contributed by atoms with E-state index in [2.05, 4.69) is 10.0 Å². The van der Waals surface area contributed by atoms with Gasteiger partial charge in [-0.1, -0.05) is 20.8 Å². The molecule has 2 N–H and O–H groups in total. The molecule has 0 bridgehead atoms. The minimum absolute atomic E-state index is 0.171. The lowest BCUT2D eigenvalue weighted by molar-refractivity contribution is 0.0953. The largest absolute Gasteiger partial charge is 0.352 e. The highest BCUT2D eigenvalue weighted by Gasteiger charge is 2.14. The third-order valence-electron chi connectivity index (χ3n) is 2.64. The van der Waals surface area contributed by atoms with Crippen LogP contribution < -0.4 is 10.0 Å². The fraction of sp³-hybridized carbons (Fsp3) is 0.500. The van der Waals surface area contributed by atoms with Gasteiger partial charge in [-0.2, -0.15) is 0 Å². The molecule has 0 atom stereocenters. The molecule has 6 heteroatoms. The maximum Gasteiger partial charge on any atom is 0.251 e. The Morgan fingerprint density at radius 1 is 1.20 bits per heavy atom. The second kappa shape index (κ2) is 7.40. The van der Waals surface area contributed by atoms with E-state index in [-0.39, 0.29) is 16.7 Å². The molecule has 0 aromatic heterocycles. The van der Waals surface area contributed by atoms with Crippen molar-refractivity contribution in [2.45, 2.75) is 32.1 Å². The van der Waals surface area contributed by atoms with Crippen molar-refractivity contribution >= 4 is 15.9 Å². The molecule has 0 aliphatic rings. The van der Waals surface area contributed by atoms with Gasteiger partial charge >= 0.3 is 0 Å². The van der Waals surface area contributed by atoms with Gasteiger partial charge in [0.2, 0.25) is 10.0 Å². The van der Waals surface area contributed by atoms with Crippen LogP contribution in [-0.2, 0) is 10.0 Å². The number of benzene rings is 1. The van der Waals surface area contributed by atoms with Crippen molar-refractivity contribution in [3.63, 3.8) is 0 Å². The molecule has 112 valence electrons. The molecule has 1 aromatic carbocycles. The van der Waals surface area contributed by atoms with E-state index in [9.17, 15) is 13.2 Å². The first-order valence-electron chi connectivity index (χ1n) is 6.74. The Morgan fingerprint density at radius 3 is 2.30 bits per heavy atom. The molecule has 20 heavy (non-hydrogen) atoms. The van der Waals surface area contributed by atoms with E-state index in [0.29, 0.717) is 18.7 Å². The molecule has 0 saturated heterocycles. The summed E-state index contributed by atoms with van der Waals surface area (Å²) >= 11 is 0. The summed E-state index contributed by atoms with van der Waals surface area (Å²) in [5, 5.41) is 2.74. The van der Waals surface area contributed by atoms with E-state index in [1.807, 2.05) is 20.8 Å². The molecular formula is C14H22N2O3S. The Labute approximate surface area is 120 Å². The molecule has 0 unspecified atom stereocenters. The Bertz CT molecular complexity index is 536. The van der Waals surface area contributed by atoms with Crippen molar-refractivity contribution in [3.05, 3.63) is 29.8 Å². The minimum atomic E-state index is -3.50. The maximum absolute atomic E-state index is 12.0. The average Bonchev–Trinajstić information content (AvgIpc) is 2.43. The summed E-state index contributed by atoms with van der Waals surface area (Å²) in [6, 6.07) is 5.94. The number of carbonyl (C=O) groups is 1. The summed E-state index contributed by atoms with van der Waals surface area (Å²) < 4.78 is 26.5. The highest BCUT2D eigenvalue weighted by atomic mass is 32.2. The first kappa shape index (κ1) is 16.7. The van der Waals surface area contributed by atoms with E-state index < -0.39 is 10.0 Å². The number of carbonyl (C=O) groups excluding carboxylic acids is 1. The molecule has 0 heterocycles. The van der Waals surface area contributed by atoms with Crippen LogP contribution in [0, 0.1) is 5.92 Å². The van der Waals surface area contributed by atoms with Crippen molar-refractivity contribution in [2.24, 2.45) is 5.92 Å². The fourth-order valence-electron chi connectivity index (χ4n) is 1.49. The van der Waals surface area contributed by atoms with Crippen LogP contribution in [0.5, 0.6) is 0 Å². The zero-order valence-electron chi connectivity index (χ0n) is 12.1. The van der Waals surface area contributed by atoms with E-state index in [4.69, 9.17) is 0 Å². The summed E-state index contributed by atoms with van der Waals surface area (Å²) in [5.41, 5.74) is 0.459. The third kappa shape index (κ3) is 4.94. The predicted octanol–water partition coefficient (Wildman–Crippen LogP) is 1.76. The monoisotopic (exact) mass is 298 g/mol. The molecule has 0 aliphatic carbocycles. The lowest BCUT2D eigenvalue weighted by Gasteiger charge is -2.09. The van der Waals surface area contributed by atoms with E-state index in [0.717, 1.165) is 6.42 Å². The maximum atomic E-state index is 12.0. The highest BCUT2D eigenvalue weighted by molar-refractivity contribution is 7.89. The standard InChI is InChI=1S/C14H22N2O3S/c1-4-9-15-14(17)12-5-7-13(8-6-12)20(18,19)16-10-11(2)3/h5-8,11,16H,4,9-10H2,1-3H3,(H,15,17). The Hall–Kier alpha value is -1.40. The van der Waals surface area contributed by atoms with Crippen LogP contribution in [0.1, 0.15) is 37.6 Å². The van der Waals surface area contributed by atoms with Crippen molar-refractivity contribution in [3.8, 4) is 0 Å². The molecule has 0 spiro atoms. The van der Waals surface area contributed by atoms with Crippen molar-refractivity contribution in [2.75, 3.05) is 13.1 Å². The van der Waals surface area contributed by atoms with Crippen molar-refractivity contribution < 1.29 is 13.2 Å². The van der Waals surface area contributed by atoms with Gasteiger partial charge in [-0.25, -0.2) is 13.1 Å². The summed E-state index contributed by atoms with van der Waals surface area (Å²) in [5.74, 6) is 0.0507. The normalized spacial score (nSPS) is 11.6. The van der Waals surface area contributed by atoms with Crippen LogP contribution in [0.4, 0.5) is 0 Å². The van der Waals surface area contributed by atoms with Gasteiger partial charge in [0.15, 0.2) is 0 Å². The molecule has 5 nitrogen and oxygen atoms in total. The van der Waals surface area contributed by atoms with Gasteiger partial charge in [-0.05, 0) is 36.6 Å². The number of rotatable bonds is 7. The number of hydrogen-bond donors (Lipinski definition) is 2. The Kier molecular flexibility index (Phi) is 6.16. The Morgan fingerprint density at radius 2 is 1.80 bits per heavy atom. The van der Waals surface area contributed by atoms with Gasteiger partial charge in [0.05, 0.1) is 4.90 Å². The summed E-state index contributed by atoms with van der Waals surface area (Å²) in [4.78, 5) is 11.9. The molecule has 0 fully saturated rings. The van der Waals surface area contributed by atoms with Crippen molar-refractivity contribution in [1.29, 1.82) is 0 Å². The van der Waals surface area contributed by atoms with Crippen LogP contribution >= 0.6 is 0 Å². The SMILES string of the molecule is CCCNC(=O)c1ccc(S(=O)(=O)NCC(C)C)cc1. The second-order valence-electron chi connectivity index (χ2n) is 5.03. The molecule has 1 rings (SSSR count). The summed E-state index contributed by atoms with van der Waals surface area (Å²) in [7, 11) is -3.50. The van der Waals surface area contributed by atoms with Gasteiger partial charge in [-0.15, -0.1) is 0 Å². The zero-order valence-corrected chi connectivity index (χ0v) is 13.0. The van der Waals surface area contributed by atoms with Crippen LogP contribution in [0.25, 0.3) is 0 Å². The van der Waals surface area contributed by atoms with Gasteiger partial charge in [0.25, 0.3) is 5.91 Å². The summed E-state index contributed by atoms with van der Waals surface area (Å²) in [6.45, 7) is 6.83. The fourth-order valence-corrected chi connectivity index (χ4v) is 2.70. The van der Waals surface area contributed by atoms with Crippen molar-refractivity contribution in [1.82, 2.24) is 10.0 Å². The van der Waals surface area contributed by atoms with E-state index >= 15 is 0 Å². The van der Waals surface area contributed by atoms with E-state index in [1.165, 1.54) is 24.3 Å². The molecule has 1 aromatic rings. The number of nitrogens with one attached hydrogen (secondary N) is 2. The third-order valence-corrected chi connectivity index (χ3v) is 4.08. The van der Waals surface area contributed by atoms with E-state index in [1.54, 1.807) is 0 Å². The first-order valence-corrected chi connectivity index (χ1v) is 8.23. The molecule has 1 amide bonds. The molecule has 0 saturated carbocycles. The average molecular weight is 298 g/mol. The minimum Gasteiger partial charge on any atom is -0.352 e. The summed E-state index contributed by atoms with van der Waals surface area (Å²) in [6.07, 6.45) is 0.858. The smallest absolute Gasteiger partial charge is 0.251 e. The second-order valence-corrected chi connectivity index (χ2v) is 6.79. The first-order chi connectivity index (χ1) is 9.36. The number of amides is 1. The zero-order chi connectivity index (χ0) is 15.2. The number of sulfonamides is 1. The van der Waals surface area contributed by atoms with Crippen LogP contribution in [0.15, 0.2) is 29.2 Å². The van der Waals surface area contributed by atoms with Crippen LogP contribution in [0.3, 0.4) is 0 Å². The van der Waals surface area contributed by atoms with Crippen LogP contribution in [0.2, 0.25) is 0 Å². The topological polar surface area (TPSA) is 75.3 Å². The van der Waals surface area contributed by atoms with Gasteiger partial charge < -0.3 is 5.32 Å². The van der Waals surface area contributed by atoms with Gasteiger partial charge in [0.1, 0.15) is 0 Å². The molecular weight excluding hydrogens is 276 g/mol. The number of hydrogen-bond acceptors (Lipinski definition) is 3. The lowest BCUT2D eigenvalue weighted by atomic mass is 10.2. The molecule has 0 aliphatic heterocycles. The molecule has 0 radical (unpaired) electrons. The predicted molar refractivity (Wildman–Crippen MR) is 79.1 cm³/mol. The van der Waals surface area contributed by atoms with Gasteiger partial charge in [0, 0.05) is 18.7 Å². The Balaban J connectivity index is 2.77. The lowest BCUT2D eigenvalue weighted by Crippen LogP contribution is -2.28. The van der Waals surface area contributed by atoms with Crippen LogP contribution in [-0.4, -0.2) is 27.4 Å². The van der Waals surface area contributed by atoms with Gasteiger partial charge in [-0.3, -0.25) is 4.79 Å².